The van der Waals surface area contributed by atoms with Crippen molar-refractivity contribution in [2.45, 2.75) is 39.5 Å². The number of rotatable bonds is 7. The lowest BCUT2D eigenvalue weighted by Gasteiger charge is -2.23. The average molecular weight is 562 g/mol. The molecule has 1 aromatic heterocycles. The molecular formula is C35H31NO6. The van der Waals surface area contributed by atoms with Crippen LogP contribution in [0.1, 0.15) is 63.9 Å². The Labute approximate surface area is 243 Å². The molecule has 0 saturated heterocycles. The van der Waals surface area contributed by atoms with Crippen LogP contribution in [0, 0.1) is 31.1 Å². The summed E-state index contributed by atoms with van der Waals surface area (Å²) in [5, 5.41) is 32.0. The van der Waals surface area contributed by atoms with Gasteiger partial charge < -0.3 is 19.4 Å². The summed E-state index contributed by atoms with van der Waals surface area (Å²) in [6.07, 6.45) is 0. The maximum atomic E-state index is 14.4. The third kappa shape index (κ3) is 4.86. The van der Waals surface area contributed by atoms with Gasteiger partial charge in [-0.1, -0.05) is 44.2 Å². The van der Waals surface area contributed by atoms with Crippen LogP contribution in [-0.4, -0.2) is 23.1 Å². The van der Waals surface area contributed by atoms with E-state index in [1.165, 1.54) is 25.3 Å². The molecular weight excluding hydrogens is 530 g/mol. The van der Waals surface area contributed by atoms with Crippen molar-refractivity contribution in [2.75, 3.05) is 7.11 Å². The number of fused-ring (bicyclic) bond motifs is 2. The van der Waals surface area contributed by atoms with Crippen molar-refractivity contribution in [2.24, 2.45) is 5.92 Å². The molecule has 5 rings (SSSR count). The normalized spacial score (nSPS) is 12.8. The minimum atomic E-state index is -1.39. The van der Waals surface area contributed by atoms with Gasteiger partial charge in [0.15, 0.2) is 5.78 Å². The van der Waals surface area contributed by atoms with Gasteiger partial charge in [0.05, 0.1) is 24.1 Å². The molecule has 0 fully saturated rings. The molecule has 2 atom stereocenters. The molecule has 0 spiro atoms. The number of phenols is 1. The number of carbonyl (C=O) groups excluding carboxylic acids is 1. The van der Waals surface area contributed by atoms with Crippen molar-refractivity contribution in [3.8, 4) is 34.4 Å². The highest BCUT2D eigenvalue weighted by atomic mass is 16.5. The molecule has 0 radical (unpaired) electrons. The second-order valence-electron chi connectivity index (χ2n) is 10.9. The molecule has 1 heterocycles. The van der Waals surface area contributed by atoms with E-state index in [4.69, 9.17) is 9.15 Å². The highest BCUT2D eigenvalue weighted by molar-refractivity contribution is 6.08. The van der Waals surface area contributed by atoms with E-state index in [1.807, 2.05) is 19.9 Å². The maximum absolute atomic E-state index is 14.4. The van der Waals surface area contributed by atoms with Gasteiger partial charge in [-0.2, -0.15) is 5.26 Å². The lowest BCUT2D eigenvalue weighted by Crippen LogP contribution is -2.26. The molecule has 2 N–H and O–H groups in total. The van der Waals surface area contributed by atoms with E-state index in [0.29, 0.717) is 16.9 Å². The van der Waals surface area contributed by atoms with E-state index < -0.39 is 29.0 Å². The Balaban J connectivity index is 1.75. The first-order valence-electron chi connectivity index (χ1n) is 13.7. The second kappa shape index (κ2) is 11.1. The topological polar surface area (TPSA) is 121 Å². The van der Waals surface area contributed by atoms with Crippen LogP contribution in [0.4, 0.5) is 0 Å². The van der Waals surface area contributed by atoms with E-state index in [0.717, 1.165) is 27.8 Å². The lowest BCUT2D eigenvalue weighted by atomic mass is 9.77. The third-order valence-electron chi connectivity index (χ3n) is 7.92. The quantitative estimate of drug-likeness (QED) is 0.159. The molecule has 3 aromatic rings. The summed E-state index contributed by atoms with van der Waals surface area (Å²) in [5.74, 6) is -2.76. The summed E-state index contributed by atoms with van der Waals surface area (Å²) in [7, 11) is 1.52. The summed E-state index contributed by atoms with van der Waals surface area (Å²) >= 11 is 0. The van der Waals surface area contributed by atoms with Crippen LogP contribution in [-0.2, 0) is 0 Å². The zero-order valence-electron chi connectivity index (χ0n) is 24.1. The van der Waals surface area contributed by atoms with Gasteiger partial charge >= 0.3 is 5.63 Å². The lowest BCUT2D eigenvalue weighted by molar-refractivity contribution is 0.0940. The molecule has 2 unspecified atom stereocenters. The highest BCUT2D eigenvalue weighted by Crippen LogP contribution is 2.43. The van der Waals surface area contributed by atoms with Crippen molar-refractivity contribution in [3.63, 3.8) is 0 Å². The highest BCUT2D eigenvalue weighted by Gasteiger charge is 2.38. The first-order chi connectivity index (χ1) is 20.0. The molecule has 0 bridgehead atoms. The van der Waals surface area contributed by atoms with Gasteiger partial charge in [-0.3, -0.25) is 4.79 Å². The zero-order valence-corrected chi connectivity index (χ0v) is 24.1. The molecule has 42 heavy (non-hydrogen) atoms. The first-order valence-corrected chi connectivity index (χ1v) is 13.7. The van der Waals surface area contributed by atoms with Crippen LogP contribution >= 0.6 is 0 Å². The van der Waals surface area contributed by atoms with Crippen LogP contribution in [0.3, 0.4) is 0 Å². The molecule has 212 valence electrons. The molecule has 0 amide bonds. The molecule has 0 saturated carbocycles. The Morgan fingerprint density at radius 1 is 0.929 bits per heavy atom. The third-order valence-corrected chi connectivity index (χ3v) is 7.92. The van der Waals surface area contributed by atoms with Gasteiger partial charge in [0, 0.05) is 17.5 Å². The summed E-state index contributed by atoms with van der Waals surface area (Å²) in [5.41, 5.74) is 4.28. The number of benzene rings is 2. The Bertz CT molecular complexity index is 1890. The van der Waals surface area contributed by atoms with Gasteiger partial charge in [-0.25, -0.2) is 4.79 Å². The average Bonchev–Trinajstić information content (AvgIpc) is 3.19. The minimum Gasteiger partial charge on any atom is -0.508 e. The van der Waals surface area contributed by atoms with Gasteiger partial charge in [-0.05, 0) is 83.5 Å². The van der Waals surface area contributed by atoms with Crippen LogP contribution in [0.25, 0.3) is 22.1 Å². The Kier molecular flexibility index (Phi) is 7.49. The van der Waals surface area contributed by atoms with Gasteiger partial charge in [0.1, 0.15) is 28.7 Å². The summed E-state index contributed by atoms with van der Waals surface area (Å²) < 4.78 is 10.8. The number of methoxy groups -OCH3 is 1. The van der Waals surface area contributed by atoms with E-state index in [-0.39, 0.29) is 28.2 Å². The van der Waals surface area contributed by atoms with E-state index in [9.17, 15) is 25.1 Å². The summed E-state index contributed by atoms with van der Waals surface area (Å²) in [4.78, 5) is 27.9. The summed E-state index contributed by atoms with van der Waals surface area (Å²) in [6, 6.07) is 20.7. The molecule has 7 nitrogen and oxygen atoms in total. The molecule has 2 aromatic carbocycles. The number of Topliss-reactive ketones (excluding diaryl/α,β-unsaturated/α-hetero) is 1. The fourth-order valence-corrected chi connectivity index (χ4v) is 5.70. The molecule has 0 aliphatic heterocycles. The van der Waals surface area contributed by atoms with Crippen LogP contribution in [0.5, 0.6) is 17.2 Å². The van der Waals surface area contributed by atoms with Crippen molar-refractivity contribution in [1.29, 1.82) is 5.26 Å². The number of nitriles is 1. The standard InChI is InChI=1S/C35H31NO6/c1-18(2)22-8-12-25-19(3)15-27(30(25)20(4)14-22)33(38)28(17-36)31(21-6-10-24(41-5)11-7-21)32-34(39)26-13-9-23(37)16-29(26)42-35(32)40/h6-16,18,28,31,37,39H,1-5H3. The van der Waals surface area contributed by atoms with E-state index >= 15 is 0 Å². The van der Waals surface area contributed by atoms with Crippen molar-refractivity contribution < 1.29 is 24.2 Å². The van der Waals surface area contributed by atoms with Crippen LogP contribution in [0.15, 0.2) is 75.9 Å². The van der Waals surface area contributed by atoms with Crippen LogP contribution < -0.4 is 10.4 Å². The van der Waals surface area contributed by atoms with Gasteiger partial charge in [0.2, 0.25) is 0 Å². The minimum absolute atomic E-state index is 0.0173. The van der Waals surface area contributed by atoms with Gasteiger partial charge in [0.25, 0.3) is 0 Å². The number of hydrogen-bond acceptors (Lipinski definition) is 7. The molecule has 7 heteroatoms. The largest absolute Gasteiger partial charge is 0.508 e. The number of hydrogen-bond donors (Lipinski definition) is 2. The number of carbonyl (C=O) groups is 1. The molecule has 2 aliphatic rings. The zero-order chi connectivity index (χ0) is 30.3. The monoisotopic (exact) mass is 561 g/mol. The number of phenolic OH excluding ortho intramolecular Hbond substituents is 1. The fraction of sp³-hybridized carbons (Fsp3) is 0.229. The van der Waals surface area contributed by atoms with Gasteiger partial charge in [-0.15, -0.1) is 0 Å². The number of ether oxygens (including phenoxy) is 1. The Morgan fingerprint density at radius 2 is 1.62 bits per heavy atom. The number of ketones is 1. The van der Waals surface area contributed by atoms with E-state index in [1.54, 1.807) is 30.3 Å². The van der Waals surface area contributed by atoms with Crippen molar-refractivity contribution in [1.82, 2.24) is 0 Å². The number of aryl methyl sites for hydroxylation is 2. The Hall–Kier alpha value is -5.09. The summed E-state index contributed by atoms with van der Waals surface area (Å²) in [6.45, 7) is 8.08. The SMILES string of the molecule is COc1ccc(C(c2c(O)c3ccc(O)cc3oc2=O)C(C#N)C(=O)c2cc(C)c3ccc(C(C)C)cc(C)c2-3)cc1. The second-order valence-corrected chi connectivity index (χ2v) is 10.9. The van der Waals surface area contributed by atoms with Crippen molar-refractivity contribution in [3.05, 3.63) is 111 Å². The van der Waals surface area contributed by atoms with E-state index in [2.05, 4.69) is 32.0 Å². The molecule has 2 aliphatic carbocycles. The maximum Gasteiger partial charge on any atom is 0.343 e. The predicted octanol–water partition coefficient (Wildman–Crippen LogP) is 7.21. The fourth-order valence-electron chi connectivity index (χ4n) is 5.70. The number of aromatic hydroxyl groups is 2. The first kappa shape index (κ1) is 28.4. The number of nitrogens with zero attached hydrogens (tertiary/aromatic N) is 1. The predicted molar refractivity (Wildman–Crippen MR) is 161 cm³/mol. The van der Waals surface area contributed by atoms with Crippen LogP contribution in [0.2, 0.25) is 0 Å². The van der Waals surface area contributed by atoms with Crippen molar-refractivity contribution >= 4 is 16.8 Å². The Morgan fingerprint density at radius 3 is 2.26 bits per heavy atom. The smallest absolute Gasteiger partial charge is 0.343 e.